The number of hydrogen-bond acceptors (Lipinski definition) is 4. The Kier molecular flexibility index (Phi) is 8.32. The fraction of sp³-hybridized carbons (Fsp3) is 0.550. The van der Waals surface area contributed by atoms with Crippen LogP contribution in [-0.4, -0.2) is 51.2 Å². The van der Waals surface area contributed by atoms with Crippen LogP contribution in [0.15, 0.2) is 24.3 Å². The Bertz CT molecular complexity index is 564. The second-order valence-electron chi connectivity index (χ2n) is 6.34. The third-order valence-electron chi connectivity index (χ3n) is 4.50. The highest BCUT2D eigenvalue weighted by atomic mass is 16.5. The zero-order chi connectivity index (χ0) is 17.9. The fourth-order valence-corrected chi connectivity index (χ4v) is 3.05. The summed E-state index contributed by atoms with van der Waals surface area (Å²) in [6.45, 7) is 4.17. The molecule has 0 radical (unpaired) electrons. The Morgan fingerprint density at radius 1 is 1.16 bits per heavy atom. The van der Waals surface area contributed by atoms with Crippen molar-refractivity contribution < 1.29 is 14.3 Å². The van der Waals surface area contributed by atoms with Gasteiger partial charge in [-0.2, -0.15) is 0 Å². The van der Waals surface area contributed by atoms with Gasteiger partial charge in [-0.15, -0.1) is 0 Å². The summed E-state index contributed by atoms with van der Waals surface area (Å²) in [5.74, 6) is 1.34. The first-order valence-electron chi connectivity index (χ1n) is 9.13. The van der Waals surface area contributed by atoms with E-state index in [9.17, 15) is 4.79 Å². The number of amides is 1. The van der Waals surface area contributed by atoms with Gasteiger partial charge in [-0.05, 0) is 57.1 Å². The molecule has 0 atom stereocenters. The highest BCUT2D eigenvalue weighted by Gasteiger charge is 2.08. The van der Waals surface area contributed by atoms with E-state index in [-0.39, 0.29) is 5.91 Å². The van der Waals surface area contributed by atoms with Gasteiger partial charge in [-0.1, -0.05) is 12.8 Å². The quantitative estimate of drug-likeness (QED) is 0.580. The van der Waals surface area contributed by atoms with Crippen molar-refractivity contribution >= 4 is 12.0 Å². The third kappa shape index (κ3) is 6.78. The molecule has 5 heteroatoms. The summed E-state index contributed by atoms with van der Waals surface area (Å²) < 4.78 is 10.5. The van der Waals surface area contributed by atoms with Gasteiger partial charge in [0, 0.05) is 24.3 Å². The number of likely N-dealkylation sites (tertiary alicyclic amines) is 1. The summed E-state index contributed by atoms with van der Waals surface area (Å²) in [5, 5.41) is 2.95. The van der Waals surface area contributed by atoms with Gasteiger partial charge in [0.15, 0.2) is 0 Å². The molecular weight excluding hydrogens is 316 g/mol. The predicted octanol–water partition coefficient (Wildman–Crippen LogP) is 3.10. The highest BCUT2D eigenvalue weighted by Crippen LogP contribution is 2.25. The van der Waals surface area contributed by atoms with E-state index in [1.807, 2.05) is 12.1 Å². The molecule has 1 amide bonds. The molecule has 1 aromatic carbocycles. The standard InChI is InChI=1S/C20H30N2O3/c1-24-18-10-8-17(19(16-18)25-2)9-11-20(23)21-12-7-15-22-13-5-3-4-6-14-22/h8-11,16H,3-7,12-15H2,1-2H3,(H,21,23)/b11-9+. The molecule has 1 N–H and O–H groups in total. The van der Waals surface area contributed by atoms with E-state index in [0.29, 0.717) is 12.3 Å². The molecule has 1 aliphatic heterocycles. The maximum atomic E-state index is 12.0. The molecule has 0 unspecified atom stereocenters. The lowest BCUT2D eigenvalue weighted by Gasteiger charge is -2.19. The van der Waals surface area contributed by atoms with Crippen molar-refractivity contribution in [3.8, 4) is 11.5 Å². The maximum absolute atomic E-state index is 12.0. The van der Waals surface area contributed by atoms with Crippen molar-refractivity contribution in [3.63, 3.8) is 0 Å². The minimum absolute atomic E-state index is 0.0752. The van der Waals surface area contributed by atoms with Gasteiger partial charge >= 0.3 is 0 Å². The summed E-state index contributed by atoms with van der Waals surface area (Å²) in [4.78, 5) is 14.5. The van der Waals surface area contributed by atoms with Crippen molar-refractivity contribution in [1.82, 2.24) is 10.2 Å². The average Bonchev–Trinajstić information content (AvgIpc) is 2.92. The molecule has 1 aliphatic rings. The molecule has 0 aromatic heterocycles. The molecule has 1 fully saturated rings. The van der Waals surface area contributed by atoms with Crippen LogP contribution in [0.2, 0.25) is 0 Å². The van der Waals surface area contributed by atoms with Crippen molar-refractivity contribution in [3.05, 3.63) is 29.8 Å². The molecule has 1 aromatic rings. The zero-order valence-electron chi connectivity index (χ0n) is 15.4. The van der Waals surface area contributed by atoms with Crippen LogP contribution < -0.4 is 14.8 Å². The SMILES string of the molecule is COc1ccc(/C=C/C(=O)NCCCN2CCCCCC2)c(OC)c1. The second-order valence-corrected chi connectivity index (χ2v) is 6.34. The number of methoxy groups -OCH3 is 2. The van der Waals surface area contributed by atoms with Gasteiger partial charge < -0.3 is 19.7 Å². The Morgan fingerprint density at radius 2 is 1.92 bits per heavy atom. The normalized spacial score (nSPS) is 15.8. The minimum atomic E-state index is -0.0752. The highest BCUT2D eigenvalue weighted by molar-refractivity contribution is 5.92. The molecule has 0 spiro atoms. The molecule has 1 saturated heterocycles. The lowest BCUT2D eigenvalue weighted by molar-refractivity contribution is -0.116. The first kappa shape index (κ1) is 19.3. The number of ether oxygens (including phenoxy) is 2. The average molecular weight is 346 g/mol. The smallest absolute Gasteiger partial charge is 0.244 e. The fourth-order valence-electron chi connectivity index (χ4n) is 3.05. The van der Waals surface area contributed by atoms with Crippen LogP contribution in [0, 0.1) is 0 Å². The van der Waals surface area contributed by atoms with E-state index in [4.69, 9.17) is 9.47 Å². The lowest BCUT2D eigenvalue weighted by Crippen LogP contribution is -2.30. The van der Waals surface area contributed by atoms with Gasteiger partial charge in [0.25, 0.3) is 0 Å². The first-order valence-corrected chi connectivity index (χ1v) is 9.13. The Labute approximate surface area is 151 Å². The molecule has 0 saturated carbocycles. The maximum Gasteiger partial charge on any atom is 0.244 e. The van der Waals surface area contributed by atoms with Crippen LogP contribution in [-0.2, 0) is 4.79 Å². The Balaban J connectivity index is 1.73. The van der Waals surface area contributed by atoms with Crippen LogP contribution in [0.25, 0.3) is 6.08 Å². The second kappa shape index (κ2) is 10.8. The third-order valence-corrected chi connectivity index (χ3v) is 4.50. The molecule has 2 rings (SSSR count). The topological polar surface area (TPSA) is 50.8 Å². The van der Waals surface area contributed by atoms with Gasteiger partial charge in [0.2, 0.25) is 5.91 Å². The van der Waals surface area contributed by atoms with Crippen molar-refractivity contribution in [2.45, 2.75) is 32.1 Å². The first-order chi connectivity index (χ1) is 12.2. The van der Waals surface area contributed by atoms with E-state index in [0.717, 1.165) is 24.3 Å². The monoisotopic (exact) mass is 346 g/mol. The van der Waals surface area contributed by atoms with E-state index in [1.54, 1.807) is 32.4 Å². The van der Waals surface area contributed by atoms with E-state index < -0.39 is 0 Å². The van der Waals surface area contributed by atoms with Crippen LogP contribution in [0.5, 0.6) is 11.5 Å². The number of carbonyl (C=O) groups excluding carboxylic acids is 1. The van der Waals surface area contributed by atoms with Gasteiger partial charge in [0.1, 0.15) is 11.5 Å². The molecule has 0 aliphatic carbocycles. The molecular formula is C20H30N2O3. The van der Waals surface area contributed by atoms with E-state index in [2.05, 4.69) is 10.2 Å². The van der Waals surface area contributed by atoms with E-state index in [1.165, 1.54) is 38.8 Å². The molecule has 1 heterocycles. The summed E-state index contributed by atoms with van der Waals surface area (Å²) in [7, 11) is 3.22. The summed E-state index contributed by atoms with van der Waals surface area (Å²) in [6, 6.07) is 5.53. The minimum Gasteiger partial charge on any atom is -0.497 e. The number of rotatable bonds is 8. The number of carbonyl (C=O) groups is 1. The van der Waals surface area contributed by atoms with Gasteiger partial charge in [0.05, 0.1) is 14.2 Å². The molecule has 5 nitrogen and oxygen atoms in total. The summed E-state index contributed by atoms with van der Waals surface area (Å²) in [6.07, 6.45) is 9.63. The zero-order valence-corrected chi connectivity index (χ0v) is 15.4. The van der Waals surface area contributed by atoms with Crippen molar-refractivity contribution in [1.29, 1.82) is 0 Å². The predicted molar refractivity (Wildman–Crippen MR) is 101 cm³/mol. The largest absolute Gasteiger partial charge is 0.497 e. The van der Waals surface area contributed by atoms with Crippen molar-refractivity contribution in [2.24, 2.45) is 0 Å². The molecule has 138 valence electrons. The Hall–Kier alpha value is -2.01. The number of nitrogens with one attached hydrogen (secondary N) is 1. The van der Waals surface area contributed by atoms with Gasteiger partial charge in [-0.3, -0.25) is 4.79 Å². The van der Waals surface area contributed by atoms with Crippen molar-refractivity contribution in [2.75, 3.05) is 40.4 Å². The Morgan fingerprint density at radius 3 is 2.60 bits per heavy atom. The lowest BCUT2D eigenvalue weighted by atomic mass is 10.1. The summed E-state index contributed by atoms with van der Waals surface area (Å²) >= 11 is 0. The van der Waals surface area contributed by atoms with E-state index >= 15 is 0 Å². The van der Waals surface area contributed by atoms with Crippen LogP contribution in [0.3, 0.4) is 0 Å². The number of benzene rings is 1. The number of nitrogens with zero attached hydrogens (tertiary/aromatic N) is 1. The summed E-state index contributed by atoms with van der Waals surface area (Å²) in [5.41, 5.74) is 0.850. The molecule has 0 bridgehead atoms. The van der Waals surface area contributed by atoms with Crippen LogP contribution in [0.1, 0.15) is 37.7 Å². The van der Waals surface area contributed by atoms with Gasteiger partial charge in [-0.25, -0.2) is 0 Å². The molecule has 25 heavy (non-hydrogen) atoms. The number of hydrogen-bond donors (Lipinski definition) is 1. The van der Waals surface area contributed by atoms with Crippen LogP contribution in [0.4, 0.5) is 0 Å². The van der Waals surface area contributed by atoms with Crippen LogP contribution >= 0.6 is 0 Å².